The van der Waals surface area contributed by atoms with Gasteiger partial charge in [-0.1, -0.05) is 6.07 Å². The van der Waals surface area contributed by atoms with Gasteiger partial charge in [-0.25, -0.2) is 22.4 Å². The summed E-state index contributed by atoms with van der Waals surface area (Å²) in [5, 5.41) is 2.38. The number of nitrogens with one attached hydrogen (secondary N) is 1. The van der Waals surface area contributed by atoms with Crippen molar-refractivity contribution in [3.8, 4) is 0 Å². The lowest BCUT2D eigenvalue weighted by Crippen LogP contribution is -2.64. The van der Waals surface area contributed by atoms with Crippen LogP contribution in [0.4, 0.5) is 28.0 Å². The predicted octanol–water partition coefficient (Wildman–Crippen LogP) is 2.90. The number of hydrogen-bond donors (Lipinski definition) is 1. The Bertz CT molecular complexity index is 1050. The van der Waals surface area contributed by atoms with Gasteiger partial charge in [-0.3, -0.25) is 4.79 Å². The molecule has 4 rings (SSSR count). The van der Waals surface area contributed by atoms with E-state index in [0.29, 0.717) is 6.07 Å². The van der Waals surface area contributed by atoms with Crippen LogP contribution in [0.15, 0.2) is 36.4 Å². The SMILES string of the molecule is O=C(Cc1c(F)cccc1F)N1CCOC2(C1)CN(C(=O)Nc1ccc(F)cc1F)CCO2. The second-order valence-electron chi connectivity index (χ2n) is 7.78. The third-order valence-corrected chi connectivity index (χ3v) is 5.52. The van der Waals surface area contributed by atoms with Gasteiger partial charge < -0.3 is 24.6 Å². The monoisotopic (exact) mass is 467 g/mol. The summed E-state index contributed by atoms with van der Waals surface area (Å²) in [5.41, 5.74) is -0.509. The van der Waals surface area contributed by atoms with E-state index in [2.05, 4.69) is 5.32 Å². The van der Waals surface area contributed by atoms with E-state index >= 15 is 0 Å². The first-order chi connectivity index (χ1) is 15.8. The highest BCUT2D eigenvalue weighted by atomic mass is 19.1. The molecular weight excluding hydrogens is 446 g/mol. The van der Waals surface area contributed by atoms with Crippen LogP contribution in [-0.2, 0) is 20.7 Å². The molecule has 2 aromatic carbocycles. The zero-order chi connectivity index (χ0) is 23.6. The quantitative estimate of drug-likeness (QED) is 0.705. The number of halogens is 4. The minimum Gasteiger partial charge on any atom is -0.345 e. The molecule has 3 amide bonds. The van der Waals surface area contributed by atoms with Crippen LogP contribution in [-0.4, -0.2) is 66.9 Å². The summed E-state index contributed by atoms with van der Waals surface area (Å²) < 4.78 is 66.3. The molecule has 33 heavy (non-hydrogen) atoms. The molecule has 11 heteroatoms. The number of carbonyl (C=O) groups excluding carboxylic acids is 2. The molecule has 1 spiro atoms. The molecule has 2 saturated heterocycles. The van der Waals surface area contributed by atoms with Crippen LogP contribution in [0, 0.1) is 23.3 Å². The number of ether oxygens (including phenoxy) is 2. The zero-order valence-electron chi connectivity index (χ0n) is 17.5. The lowest BCUT2D eigenvalue weighted by molar-refractivity contribution is -0.284. The van der Waals surface area contributed by atoms with Crippen molar-refractivity contribution in [1.29, 1.82) is 0 Å². The average molecular weight is 467 g/mol. The fourth-order valence-electron chi connectivity index (χ4n) is 3.83. The Labute approximate surface area is 186 Å². The first-order valence-electron chi connectivity index (χ1n) is 10.3. The Morgan fingerprint density at radius 3 is 2.21 bits per heavy atom. The molecule has 0 radical (unpaired) electrons. The Hall–Kier alpha value is -3.18. The number of nitrogens with zero attached hydrogens (tertiary/aromatic N) is 2. The van der Waals surface area contributed by atoms with Gasteiger partial charge in [0.25, 0.3) is 0 Å². The Balaban J connectivity index is 1.42. The molecule has 0 aliphatic carbocycles. The number of anilines is 1. The summed E-state index contributed by atoms with van der Waals surface area (Å²) in [5.74, 6) is -5.16. The van der Waals surface area contributed by atoms with E-state index in [1.807, 2.05) is 0 Å². The topological polar surface area (TPSA) is 71.1 Å². The summed E-state index contributed by atoms with van der Waals surface area (Å²) in [6, 6.07) is 5.51. The Morgan fingerprint density at radius 2 is 1.55 bits per heavy atom. The maximum absolute atomic E-state index is 13.9. The predicted molar refractivity (Wildman–Crippen MR) is 108 cm³/mol. The summed E-state index contributed by atoms with van der Waals surface area (Å²) in [6.07, 6.45) is -0.470. The van der Waals surface area contributed by atoms with E-state index in [4.69, 9.17) is 9.47 Å². The van der Waals surface area contributed by atoms with Crippen molar-refractivity contribution in [3.63, 3.8) is 0 Å². The molecule has 2 aliphatic rings. The Morgan fingerprint density at radius 1 is 0.909 bits per heavy atom. The maximum Gasteiger partial charge on any atom is 0.322 e. The van der Waals surface area contributed by atoms with E-state index < -0.39 is 47.4 Å². The third-order valence-electron chi connectivity index (χ3n) is 5.52. The summed E-state index contributed by atoms with van der Waals surface area (Å²) in [6.45, 7) is 0.411. The first-order valence-corrected chi connectivity index (χ1v) is 10.3. The molecule has 1 N–H and O–H groups in total. The highest BCUT2D eigenvalue weighted by Gasteiger charge is 2.44. The molecule has 2 fully saturated rings. The van der Waals surface area contributed by atoms with Gasteiger partial charge in [0.05, 0.1) is 38.4 Å². The van der Waals surface area contributed by atoms with E-state index in [9.17, 15) is 27.2 Å². The molecule has 0 saturated carbocycles. The number of hydrogen-bond acceptors (Lipinski definition) is 4. The van der Waals surface area contributed by atoms with Crippen molar-refractivity contribution in [1.82, 2.24) is 9.80 Å². The van der Waals surface area contributed by atoms with Gasteiger partial charge in [0.1, 0.15) is 23.3 Å². The number of rotatable bonds is 3. The second kappa shape index (κ2) is 9.36. The van der Waals surface area contributed by atoms with Crippen LogP contribution in [0.5, 0.6) is 0 Å². The number of urea groups is 1. The largest absolute Gasteiger partial charge is 0.345 e. The normalized spacial score (nSPS) is 20.7. The van der Waals surface area contributed by atoms with Crippen molar-refractivity contribution in [2.75, 3.05) is 44.7 Å². The van der Waals surface area contributed by atoms with Crippen molar-refractivity contribution in [3.05, 3.63) is 65.2 Å². The number of morpholine rings is 2. The molecule has 2 aliphatic heterocycles. The highest BCUT2D eigenvalue weighted by molar-refractivity contribution is 5.89. The molecule has 176 valence electrons. The first kappa shape index (κ1) is 23.0. The molecule has 0 aromatic heterocycles. The third kappa shape index (κ3) is 5.09. The lowest BCUT2D eigenvalue weighted by Gasteiger charge is -2.47. The van der Waals surface area contributed by atoms with Crippen molar-refractivity contribution < 1.29 is 36.6 Å². The summed E-state index contributed by atoms with van der Waals surface area (Å²) >= 11 is 0. The fourth-order valence-corrected chi connectivity index (χ4v) is 3.83. The minimum absolute atomic E-state index is 0.0589. The molecule has 0 bridgehead atoms. The van der Waals surface area contributed by atoms with Gasteiger partial charge in [0.15, 0.2) is 0 Å². The number of carbonyl (C=O) groups is 2. The standard InChI is InChI=1S/C22H21F4N3O4/c23-14-4-5-19(18(26)10-14)27-21(31)29-7-9-33-22(13-29)12-28(6-8-32-22)20(30)11-15-16(24)2-1-3-17(15)25/h1-5,10H,6-9,11-13H2,(H,27,31). The molecule has 2 heterocycles. The molecule has 2 aromatic rings. The highest BCUT2D eigenvalue weighted by Crippen LogP contribution is 2.26. The van der Waals surface area contributed by atoms with Crippen LogP contribution in [0.1, 0.15) is 5.56 Å². The minimum atomic E-state index is -1.33. The lowest BCUT2D eigenvalue weighted by atomic mass is 10.1. The number of amides is 3. The number of benzene rings is 2. The van der Waals surface area contributed by atoms with Gasteiger partial charge >= 0.3 is 6.03 Å². The average Bonchev–Trinajstić information content (AvgIpc) is 2.78. The van der Waals surface area contributed by atoms with Gasteiger partial charge in [-0.15, -0.1) is 0 Å². The second-order valence-corrected chi connectivity index (χ2v) is 7.78. The van der Waals surface area contributed by atoms with Crippen LogP contribution in [0.3, 0.4) is 0 Å². The van der Waals surface area contributed by atoms with Crippen LogP contribution >= 0.6 is 0 Å². The van der Waals surface area contributed by atoms with Gasteiger partial charge in [0.2, 0.25) is 11.7 Å². The molecule has 1 unspecified atom stereocenters. The molecule has 7 nitrogen and oxygen atoms in total. The van der Waals surface area contributed by atoms with E-state index in [1.54, 1.807) is 0 Å². The van der Waals surface area contributed by atoms with Crippen LogP contribution < -0.4 is 5.32 Å². The van der Waals surface area contributed by atoms with Crippen molar-refractivity contribution in [2.24, 2.45) is 0 Å². The summed E-state index contributed by atoms with van der Waals surface area (Å²) in [7, 11) is 0. The van der Waals surface area contributed by atoms with Gasteiger partial charge in [-0.2, -0.15) is 0 Å². The smallest absolute Gasteiger partial charge is 0.322 e. The molecule has 1 atom stereocenters. The van der Waals surface area contributed by atoms with E-state index in [0.717, 1.165) is 24.3 Å². The van der Waals surface area contributed by atoms with Crippen molar-refractivity contribution >= 4 is 17.6 Å². The Kier molecular flexibility index (Phi) is 6.52. The van der Waals surface area contributed by atoms with Crippen molar-refractivity contribution in [2.45, 2.75) is 12.2 Å². The van der Waals surface area contributed by atoms with Crippen LogP contribution in [0.2, 0.25) is 0 Å². The van der Waals surface area contributed by atoms with Gasteiger partial charge in [-0.05, 0) is 24.3 Å². The fraction of sp³-hybridized carbons (Fsp3) is 0.364. The summed E-state index contributed by atoms with van der Waals surface area (Å²) in [4.78, 5) is 28.1. The maximum atomic E-state index is 13.9. The van der Waals surface area contributed by atoms with Gasteiger partial charge in [0, 0.05) is 24.7 Å². The zero-order valence-corrected chi connectivity index (χ0v) is 17.5. The molecular formula is C22H21F4N3O4. The van der Waals surface area contributed by atoms with Crippen LogP contribution in [0.25, 0.3) is 0 Å². The van der Waals surface area contributed by atoms with E-state index in [1.165, 1.54) is 15.9 Å². The van der Waals surface area contributed by atoms with E-state index in [-0.39, 0.29) is 50.6 Å².